The molecule has 0 bridgehead atoms. The lowest BCUT2D eigenvalue weighted by molar-refractivity contribution is -0.119. The molecule has 0 aliphatic rings. The summed E-state index contributed by atoms with van der Waals surface area (Å²) in [7, 11) is 0. The van der Waals surface area contributed by atoms with E-state index >= 15 is 0 Å². The van der Waals surface area contributed by atoms with Gasteiger partial charge in [0, 0.05) is 11.1 Å². The van der Waals surface area contributed by atoms with Crippen molar-refractivity contribution >= 4 is 44.8 Å². The molecule has 0 aromatic heterocycles. The zero-order valence-electron chi connectivity index (χ0n) is 10.1. The molecule has 4 heteroatoms. The minimum atomic E-state index is -1.04. The molecule has 2 aromatic rings. The number of benzene rings is 2. The third-order valence-corrected chi connectivity index (χ3v) is 3.58. The summed E-state index contributed by atoms with van der Waals surface area (Å²) in [5, 5.41) is 5.33. The Morgan fingerprint density at radius 1 is 1.28 bits per heavy atom. The lowest BCUT2D eigenvalue weighted by Gasteiger charge is -2.25. The molecule has 0 aliphatic carbocycles. The van der Waals surface area contributed by atoms with E-state index in [1.165, 1.54) is 0 Å². The number of halogens is 1. The number of hydrogen-bond donors (Lipinski definition) is 2. The van der Waals surface area contributed by atoms with Gasteiger partial charge in [-0.1, -0.05) is 59.0 Å². The molecule has 3 nitrogen and oxygen atoms in total. The number of alkyl halides is 1. The van der Waals surface area contributed by atoms with Crippen molar-refractivity contribution in [1.82, 2.24) is 0 Å². The first kappa shape index (κ1) is 13.3. The number of carbonyl (C=O) groups excluding carboxylic acids is 1. The van der Waals surface area contributed by atoms with Gasteiger partial charge in [-0.25, -0.2) is 0 Å². The van der Waals surface area contributed by atoms with Crippen LogP contribution in [0.1, 0.15) is 6.92 Å². The van der Waals surface area contributed by atoms with Crippen molar-refractivity contribution in [2.45, 2.75) is 12.6 Å². The summed E-state index contributed by atoms with van der Waals surface area (Å²) >= 11 is 2.03. The predicted molar refractivity (Wildman–Crippen MR) is 84.1 cm³/mol. The molecular formula is C14H15IN2O. The Balaban J connectivity index is 2.41. The fourth-order valence-electron chi connectivity index (χ4n) is 1.82. The Hall–Kier alpha value is -1.14. The maximum atomic E-state index is 11.8. The Labute approximate surface area is 120 Å². The van der Waals surface area contributed by atoms with Gasteiger partial charge in [0.1, 0.15) is 5.66 Å². The highest BCUT2D eigenvalue weighted by Gasteiger charge is 2.27. The van der Waals surface area contributed by atoms with Crippen molar-refractivity contribution in [2.24, 2.45) is 5.73 Å². The van der Waals surface area contributed by atoms with Gasteiger partial charge in [0.05, 0.1) is 4.43 Å². The lowest BCUT2D eigenvalue weighted by atomic mass is 10.1. The highest BCUT2D eigenvalue weighted by atomic mass is 127. The number of hydrogen-bond acceptors (Lipinski definition) is 3. The number of nitrogens with two attached hydrogens (primary N) is 1. The normalized spacial score (nSPS) is 14.2. The second-order valence-corrected chi connectivity index (χ2v) is 5.17. The van der Waals surface area contributed by atoms with Crippen molar-refractivity contribution in [3.05, 3.63) is 42.5 Å². The van der Waals surface area contributed by atoms with Gasteiger partial charge in [0.2, 0.25) is 0 Å². The number of nitrogens with one attached hydrogen (secondary N) is 1. The van der Waals surface area contributed by atoms with Crippen LogP contribution in [0.3, 0.4) is 0 Å². The Morgan fingerprint density at radius 2 is 1.94 bits per heavy atom. The van der Waals surface area contributed by atoms with Crippen LogP contribution in [0.2, 0.25) is 0 Å². The van der Waals surface area contributed by atoms with Crippen LogP contribution >= 0.6 is 22.6 Å². The van der Waals surface area contributed by atoms with E-state index in [1.807, 2.05) is 65.1 Å². The molecule has 0 saturated heterocycles. The standard InChI is InChI=1S/C14H15IN2O/c1-14(16,13(18)9-15)17-12-8-4-6-10-5-2-3-7-11(10)12/h2-8,17H,9,16H2,1H3. The van der Waals surface area contributed by atoms with Gasteiger partial charge in [0.25, 0.3) is 0 Å². The molecule has 0 saturated carbocycles. The minimum Gasteiger partial charge on any atom is -0.361 e. The molecule has 0 heterocycles. The van der Waals surface area contributed by atoms with Gasteiger partial charge in [-0.15, -0.1) is 0 Å². The van der Waals surface area contributed by atoms with Crippen LogP contribution in [-0.2, 0) is 4.79 Å². The summed E-state index contributed by atoms with van der Waals surface area (Å²) in [5.74, 6) is -0.0176. The maximum absolute atomic E-state index is 11.8. The second kappa shape index (κ2) is 5.24. The van der Waals surface area contributed by atoms with Crippen LogP contribution in [-0.4, -0.2) is 15.9 Å². The average molecular weight is 354 g/mol. The maximum Gasteiger partial charge on any atom is 0.182 e. The fraction of sp³-hybridized carbons (Fsp3) is 0.214. The highest BCUT2D eigenvalue weighted by Crippen LogP contribution is 2.25. The molecule has 0 fully saturated rings. The summed E-state index contributed by atoms with van der Waals surface area (Å²) in [6.45, 7) is 1.70. The van der Waals surface area contributed by atoms with Gasteiger partial charge >= 0.3 is 0 Å². The molecule has 1 atom stereocenters. The van der Waals surface area contributed by atoms with E-state index in [4.69, 9.17) is 5.73 Å². The molecule has 3 N–H and O–H groups in total. The molecule has 1 unspecified atom stereocenters. The lowest BCUT2D eigenvalue weighted by Crippen LogP contribution is -2.52. The van der Waals surface area contributed by atoms with Crippen LogP contribution in [0.15, 0.2) is 42.5 Å². The zero-order chi connectivity index (χ0) is 13.2. The van der Waals surface area contributed by atoms with Crippen molar-refractivity contribution in [3.8, 4) is 0 Å². The number of anilines is 1. The van der Waals surface area contributed by atoms with Crippen molar-refractivity contribution in [1.29, 1.82) is 0 Å². The second-order valence-electron chi connectivity index (χ2n) is 4.41. The smallest absolute Gasteiger partial charge is 0.182 e. The summed E-state index contributed by atoms with van der Waals surface area (Å²) in [6.07, 6.45) is 0. The van der Waals surface area contributed by atoms with Gasteiger partial charge < -0.3 is 11.1 Å². The Morgan fingerprint density at radius 3 is 2.67 bits per heavy atom. The van der Waals surface area contributed by atoms with Crippen LogP contribution in [0, 0.1) is 0 Å². The monoisotopic (exact) mass is 354 g/mol. The number of carbonyl (C=O) groups is 1. The quantitative estimate of drug-likeness (QED) is 0.504. The molecule has 2 aromatic carbocycles. The first-order valence-electron chi connectivity index (χ1n) is 5.68. The number of fused-ring (bicyclic) bond motifs is 1. The molecule has 18 heavy (non-hydrogen) atoms. The summed E-state index contributed by atoms with van der Waals surface area (Å²) < 4.78 is 0.391. The largest absolute Gasteiger partial charge is 0.361 e. The number of rotatable bonds is 4. The fourth-order valence-corrected chi connectivity index (χ4v) is 2.61. The summed E-state index contributed by atoms with van der Waals surface area (Å²) in [4.78, 5) is 11.8. The van der Waals surface area contributed by atoms with E-state index in [1.54, 1.807) is 6.92 Å². The number of Topliss-reactive ketones (excluding diaryl/α,β-unsaturated/α-hetero) is 1. The molecule has 0 spiro atoms. The zero-order valence-corrected chi connectivity index (χ0v) is 12.3. The third-order valence-electron chi connectivity index (χ3n) is 2.88. The molecule has 0 amide bonds. The third kappa shape index (κ3) is 2.64. The molecule has 94 valence electrons. The van der Waals surface area contributed by atoms with E-state index in [0.29, 0.717) is 4.43 Å². The van der Waals surface area contributed by atoms with Gasteiger partial charge in [-0.2, -0.15) is 0 Å². The first-order valence-corrected chi connectivity index (χ1v) is 7.21. The van der Waals surface area contributed by atoms with Crippen molar-refractivity contribution in [2.75, 3.05) is 9.74 Å². The van der Waals surface area contributed by atoms with Crippen LogP contribution in [0.5, 0.6) is 0 Å². The Kier molecular flexibility index (Phi) is 3.87. The SMILES string of the molecule is CC(N)(Nc1cccc2ccccc12)C(=O)CI. The highest BCUT2D eigenvalue weighted by molar-refractivity contribution is 14.1. The summed E-state index contributed by atoms with van der Waals surface area (Å²) in [6, 6.07) is 13.9. The van der Waals surface area contributed by atoms with Crippen molar-refractivity contribution < 1.29 is 4.79 Å². The van der Waals surface area contributed by atoms with Crippen molar-refractivity contribution in [3.63, 3.8) is 0 Å². The first-order chi connectivity index (χ1) is 8.54. The van der Waals surface area contributed by atoms with Gasteiger partial charge in [-0.05, 0) is 18.4 Å². The van der Waals surface area contributed by atoms with E-state index in [-0.39, 0.29) is 5.78 Å². The predicted octanol–water partition coefficient (Wildman–Crippen LogP) is 2.93. The number of ketones is 1. The minimum absolute atomic E-state index is 0.0176. The van der Waals surface area contributed by atoms with Crippen LogP contribution < -0.4 is 11.1 Å². The van der Waals surface area contributed by atoms with Gasteiger partial charge in [0.15, 0.2) is 5.78 Å². The summed E-state index contributed by atoms with van der Waals surface area (Å²) in [5.41, 5.74) is 5.88. The van der Waals surface area contributed by atoms with Crippen LogP contribution in [0.4, 0.5) is 5.69 Å². The molecular weight excluding hydrogens is 339 g/mol. The molecule has 2 rings (SSSR count). The van der Waals surface area contributed by atoms with Gasteiger partial charge in [-0.3, -0.25) is 4.79 Å². The topological polar surface area (TPSA) is 55.1 Å². The van der Waals surface area contributed by atoms with E-state index in [9.17, 15) is 4.79 Å². The average Bonchev–Trinajstić information content (AvgIpc) is 2.38. The van der Waals surface area contributed by atoms with E-state index in [0.717, 1.165) is 16.5 Å². The van der Waals surface area contributed by atoms with E-state index < -0.39 is 5.66 Å². The molecule has 0 radical (unpaired) electrons. The van der Waals surface area contributed by atoms with E-state index in [2.05, 4.69) is 5.32 Å². The Bertz CT molecular complexity index is 576. The molecule has 0 aliphatic heterocycles. The van der Waals surface area contributed by atoms with Crippen LogP contribution in [0.25, 0.3) is 10.8 Å².